The number of nitrogens with one attached hydrogen (secondary N) is 1. The molecule has 2 fully saturated rings. The summed E-state index contributed by atoms with van der Waals surface area (Å²) in [5.74, 6) is -1.62. The number of β-amino-alcohol motifs (C(OH)–C–C–N with tert-alkyl or cyclic N) is 1. The van der Waals surface area contributed by atoms with Crippen molar-refractivity contribution in [3.05, 3.63) is 11.7 Å². The number of amides is 1. The molecular formula is C12H16N4O5. The van der Waals surface area contributed by atoms with Crippen LogP contribution in [0.15, 0.2) is 4.52 Å². The Kier molecular flexibility index (Phi) is 3.60. The fraction of sp³-hybridized carbons (Fsp3) is 0.667. The molecule has 0 spiro atoms. The van der Waals surface area contributed by atoms with Crippen molar-refractivity contribution in [3.63, 3.8) is 0 Å². The Morgan fingerprint density at radius 2 is 2.24 bits per heavy atom. The molecule has 1 aromatic heterocycles. The first-order valence-electron chi connectivity index (χ1n) is 6.85. The van der Waals surface area contributed by atoms with E-state index < -0.39 is 24.0 Å². The maximum Gasteiger partial charge on any atom is 0.326 e. The molecule has 0 aromatic carbocycles. The summed E-state index contributed by atoms with van der Waals surface area (Å²) in [4.78, 5) is 28.5. The minimum absolute atomic E-state index is 0.00988. The third-order valence-corrected chi connectivity index (χ3v) is 3.82. The molecule has 3 atom stereocenters. The smallest absolute Gasteiger partial charge is 0.326 e. The van der Waals surface area contributed by atoms with E-state index in [9.17, 15) is 14.7 Å². The molecule has 2 aliphatic rings. The van der Waals surface area contributed by atoms with Gasteiger partial charge in [0.1, 0.15) is 6.04 Å². The average molecular weight is 296 g/mol. The number of carboxylic acid groups (broad SMARTS) is 1. The average Bonchev–Trinajstić information content (AvgIpc) is 3.17. The van der Waals surface area contributed by atoms with E-state index in [1.165, 1.54) is 0 Å². The zero-order valence-corrected chi connectivity index (χ0v) is 11.2. The molecule has 9 nitrogen and oxygen atoms in total. The summed E-state index contributed by atoms with van der Waals surface area (Å²) >= 11 is 0. The summed E-state index contributed by atoms with van der Waals surface area (Å²) in [6.45, 7) is 0.817. The number of aromatic nitrogens is 2. The van der Waals surface area contributed by atoms with Crippen LogP contribution in [0.25, 0.3) is 0 Å². The summed E-state index contributed by atoms with van der Waals surface area (Å²) < 4.78 is 5.07. The number of rotatable bonds is 3. The number of likely N-dealkylation sites (tertiary alicyclic amines) is 1. The first kappa shape index (κ1) is 14.0. The number of aliphatic carboxylic acids is 1. The van der Waals surface area contributed by atoms with Crippen LogP contribution >= 0.6 is 0 Å². The first-order chi connectivity index (χ1) is 10.1. The highest BCUT2D eigenvalue weighted by molar-refractivity contribution is 5.93. The van der Waals surface area contributed by atoms with E-state index in [4.69, 9.17) is 9.63 Å². The topological polar surface area (TPSA) is 129 Å². The lowest BCUT2D eigenvalue weighted by Crippen LogP contribution is -2.41. The number of carbonyl (C=O) groups is 2. The minimum atomic E-state index is -1.15. The number of hydrogen-bond acceptors (Lipinski definition) is 7. The van der Waals surface area contributed by atoms with Gasteiger partial charge in [0.05, 0.1) is 12.1 Å². The summed E-state index contributed by atoms with van der Waals surface area (Å²) in [6.07, 6.45) is 1.01. The SMILES string of the molecule is O=C(O)[C@@H]1C[C@H](O)CN1C(=O)c1noc(C2CCCN2)n1. The van der Waals surface area contributed by atoms with E-state index in [2.05, 4.69) is 15.5 Å². The van der Waals surface area contributed by atoms with Crippen LogP contribution in [0.4, 0.5) is 0 Å². The Balaban J connectivity index is 1.76. The number of hydrogen-bond donors (Lipinski definition) is 3. The van der Waals surface area contributed by atoms with Crippen molar-refractivity contribution in [1.29, 1.82) is 0 Å². The molecule has 2 aliphatic heterocycles. The van der Waals surface area contributed by atoms with Gasteiger partial charge in [-0.25, -0.2) is 4.79 Å². The molecule has 2 saturated heterocycles. The van der Waals surface area contributed by atoms with Crippen molar-refractivity contribution in [1.82, 2.24) is 20.4 Å². The van der Waals surface area contributed by atoms with Gasteiger partial charge in [-0.2, -0.15) is 4.98 Å². The molecule has 1 aromatic rings. The van der Waals surface area contributed by atoms with Gasteiger partial charge in [0, 0.05) is 13.0 Å². The van der Waals surface area contributed by atoms with Crippen LogP contribution in [0.1, 0.15) is 41.8 Å². The second kappa shape index (κ2) is 5.41. The van der Waals surface area contributed by atoms with Gasteiger partial charge in [0.15, 0.2) is 0 Å². The summed E-state index contributed by atoms with van der Waals surface area (Å²) in [5, 5.41) is 25.5. The Morgan fingerprint density at radius 1 is 1.43 bits per heavy atom. The summed E-state index contributed by atoms with van der Waals surface area (Å²) in [6, 6.07) is -1.11. The van der Waals surface area contributed by atoms with E-state index in [0.29, 0.717) is 5.89 Å². The summed E-state index contributed by atoms with van der Waals surface area (Å²) in [7, 11) is 0. The van der Waals surface area contributed by atoms with Crippen LogP contribution in [0.5, 0.6) is 0 Å². The van der Waals surface area contributed by atoms with Gasteiger partial charge in [0.2, 0.25) is 5.89 Å². The molecule has 0 bridgehead atoms. The maximum absolute atomic E-state index is 12.3. The molecule has 3 N–H and O–H groups in total. The highest BCUT2D eigenvalue weighted by Gasteiger charge is 2.41. The van der Waals surface area contributed by atoms with Crippen molar-refractivity contribution in [2.75, 3.05) is 13.1 Å². The Labute approximate surface area is 119 Å². The van der Waals surface area contributed by atoms with E-state index >= 15 is 0 Å². The number of nitrogens with zero attached hydrogens (tertiary/aromatic N) is 3. The van der Waals surface area contributed by atoms with E-state index in [1.807, 2.05) is 0 Å². The monoisotopic (exact) mass is 296 g/mol. The highest BCUT2D eigenvalue weighted by Crippen LogP contribution is 2.23. The second-order valence-corrected chi connectivity index (χ2v) is 5.31. The van der Waals surface area contributed by atoms with Gasteiger partial charge in [0.25, 0.3) is 11.7 Å². The fourth-order valence-corrected chi connectivity index (χ4v) is 2.76. The lowest BCUT2D eigenvalue weighted by Gasteiger charge is -2.18. The van der Waals surface area contributed by atoms with Gasteiger partial charge in [-0.1, -0.05) is 5.16 Å². The zero-order valence-electron chi connectivity index (χ0n) is 11.2. The Bertz CT molecular complexity index is 554. The molecule has 114 valence electrons. The predicted molar refractivity (Wildman–Crippen MR) is 67.4 cm³/mol. The zero-order chi connectivity index (χ0) is 15.0. The molecule has 0 aliphatic carbocycles. The van der Waals surface area contributed by atoms with Gasteiger partial charge >= 0.3 is 5.97 Å². The third kappa shape index (κ3) is 2.61. The molecule has 1 amide bonds. The molecule has 1 unspecified atom stereocenters. The van der Waals surface area contributed by atoms with Crippen LogP contribution in [0.3, 0.4) is 0 Å². The fourth-order valence-electron chi connectivity index (χ4n) is 2.76. The molecule has 3 rings (SSSR count). The molecule has 0 saturated carbocycles. The molecule has 9 heteroatoms. The third-order valence-electron chi connectivity index (χ3n) is 3.82. The van der Waals surface area contributed by atoms with Crippen molar-refractivity contribution >= 4 is 11.9 Å². The molecule has 3 heterocycles. The first-order valence-corrected chi connectivity index (χ1v) is 6.85. The van der Waals surface area contributed by atoms with E-state index in [0.717, 1.165) is 24.3 Å². The largest absolute Gasteiger partial charge is 0.480 e. The van der Waals surface area contributed by atoms with Gasteiger partial charge in [-0.05, 0) is 19.4 Å². The van der Waals surface area contributed by atoms with Crippen LogP contribution in [-0.4, -0.2) is 62.4 Å². The van der Waals surface area contributed by atoms with E-state index in [1.54, 1.807) is 0 Å². The quantitative estimate of drug-likeness (QED) is 0.658. The second-order valence-electron chi connectivity index (χ2n) is 5.31. The van der Waals surface area contributed by atoms with Crippen molar-refractivity contribution in [2.45, 2.75) is 37.5 Å². The van der Waals surface area contributed by atoms with Gasteiger partial charge in [-0.15, -0.1) is 0 Å². The normalized spacial score (nSPS) is 29.0. The molecular weight excluding hydrogens is 280 g/mol. The van der Waals surface area contributed by atoms with Crippen LogP contribution in [0.2, 0.25) is 0 Å². The standard InChI is InChI=1S/C12H16N4O5/c17-6-4-8(12(19)20)16(5-6)11(18)9-14-10(21-15-9)7-2-1-3-13-7/h6-8,13,17H,1-5H2,(H,19,20)/t6-,7?,8-/m0/s1. The van der Waals surface area contributed by atoms with Crippen LogP contribution in [0, 0.1) is 0 Å². The minimum Gasteiger partial charge on any atom is -0.480 e. The lowest BCUT2D eigenvalue weighted by molar-refractivity contribution is -0.141. The van der Waals surface area contributed by atoms with Crippen LogP contribution < -0.4 is 5.32 Å². The number of carbonyl (C=O) groups excluding carboxylic acids is 1. The number of aliphatic hydroxyl groups is 1. The van der Waals surface area contributed by atoms with Gasteiger partial charge < -0.3 is 25.0 Å². The van der Waals surface area contributed by atoms with Gasteiger partial charge in [-0.3, -0.25) is 4.79 Å². The highest BCUT2D eigenvalue weighted by atomic mass is 16.5. The number of aliphatic hydroxyl groups excluding tert-OH is 1. The summed E-state index contributed by atoms with van der Waals surface area (Å²) in [5.41, 5.74) is 0. The Hall–Kier alpha value is -2.00. The lowest BCUT2D eigenvalue weighted by atomic mass is 10.2. The van der Waals surface area contributed by atoms with E-state index in [-0.39, 0.29) is 24.8 Å². The van der Waals surface area contributed by atoms with Crippen molar-refractivity contribution in [3.8, 4) is 0 Å². The van der Waals surface area contributed by atoms with Crippen LogP contribution in [-0.2, 0) is 4.79 Å². The van der Waals surface area contributed by atoms with Crippen molar-refractivity contribution < 1.29 is 24.3 Å². The number of carboxylic acids is 1. The Morgan fingerprint density at radius 3 is 2.90 bits per heavy atom. The predicted octanol–water partition coefficient (Wildman–Crippen LogP) is -0.846. The maximum atomic E-state index is 12.3. The van der Waals surface area contributed by atoms with Crippen molar-refractivity contribution in [2.24, 2.45) is 0 Å². The molecule has 21 heavy (non-hydrogen) atoms. The molecule has 0 radical (unpaired) electrons.